The van der Waals surface area contributed by atoms with Crippen LogP contribution in [0, 0.1) is 18.8 Å². The van der Waals surface area contributed by atoms with Crippen molar-refractivity contribution in [1.82, 2.24) is 9.88 Å². The first-order valence-electron chi connectivity index (χ1n) is 9.68. The number of rotatable bonds is 4. The summed E-state index contributed by atoms with van der Waals surface area (Å²) in [6.45, 7) is 6.84. The van der Waals surface area contributed by atoms with Crippen molar-refractivity contribution in [2.24, 2.45) is 18.9 Å². The largest absolute Gasteiger partial charge is 0.381 e. The first-order valence-corrected chi connectivity index (χ1v) is 9.68. The van der Waals surface area contributed by atoms with Gasteiger partial charge in [0.1, 0.15) is 5.56 Å². The zero-order chi connectivity index (χ0) is 18.7. The summed E-state index contributed by atoms with van der Waals surface area (Å²) in [6, 6.07) is 1.79. The molecule has 2 atom stereocenters. The van der Waals surface area contributed by atoms with Crippen LogP contribution >= 0.6 is 0 Å². The Kier molecular flexibility index (Phi) is 6.14. The highest BCUT2D eigenvalue weighted by Gasteiger charge is 2.34. The Labute approximate surface area is 154 Å². The van der Waals surface area contributed by atoms with Gasteiger partial charge in [-0.15, -0.1) is 0 Å². The number of hydrogen-bond donors (Lipinski definition) is 1. The summed E-state index contributed by atoms with van der Waals surface area (Å²) < 4.78 is 12.8. The molecule has 2 fully saturated rings. The van der Waals surface area contributed by atoms with Crippen LogP contribution in [0.4, 0.5) is 0 Å². The summed E-state index contributed by atoms with van der Waals surface area (Å²) in [6.07, 6.45) is 3.57. The summed E-state index contributed by atoms with van der Waals surface area (Å²) in [5.41, 5.74) is 1.96. The quantitative estimate of drug-likeness (QED) is 0.887. The van der Waals surface area contributed by atoms with Crippen LogP contribution in [0.1, 0.15) is 47.8 Å². The molecule has 1 amide bonds. The van der Waals surface area contributed by atoms with Gasteiger partial charge in [-0.25, -0.2) is 0 Å². The van der Waals surface area contributed by atoms with Crippen molar-refractivity contribution in [3.8, 4) is 0 Å². The van der Waals surface area contributed by atoms with Gasteiger partial charge >= 0.3 is 0 Å². The lowest BCUT2D eigenvalue weighted by Crippen LogP contribution is -2.50. The standard InChI is InChI=1S/C20H30N2O4/c1-4-18-13(2)11-15(20(24)22(18)3)19(23)21-17-7-10-26-12-16(17)14-5-8-25-9-6-14/h11,14,16-17H,4-10,12H2,1-3H3,(H,21,23)/t16-,17-/m1/s1. The molecule has 2 aliphatic heterocycles. The number of ether oxygens (including phenoxy) is 2. The fourth-order valence-electron chi connectivity index (χ4n) is 4.40. The number of aryl methyl sites for hydroxylation is 1. The molecular formula is C20H30N2O4. The highest BCUT2D eigenvalue weighted by molar-refractivity contribution is 5.94. The third kappa shape index (κ3) is 3.86. The van der Waals surface area contributed by atoms with E-state index in [2.05, 4.69) is 5.32 Å². The van der Waals surface area contributed by atoms with Gasteiger partial charge in [-0.2, -0.15) is 0 Å². The van der Waals surface area contributed by atoms with E-state index in [1.807, 2.05) is 13.8 Å². The molecule has 0 bridgehead atoms. The minimum atomic E-state index is -0.264. The van der Waals surface area contributed by atoms with Crippen LogP contribution < -0.4 is 10.9 Å². The molecule has 0 unspecified atom stereocenters. The highest BCUT2D eigenvalue weighted by atomic mass is 16.5. The van der Waals surface area contributed by atoms with Gasteiger partial charge in [0.25, 0.3) is 11.5 Å². The van der Waals surface area contributed by atoms with E-state index < -0.39 is 0 Å². The minimum absolute atomic E-state index is 0.0511. The Hall–Kier alpha value is -1.66. The van der Waals surface area contributed by atoms with Gasteiger partial charge in [0, 0.05) is 44.5 Å². The van der Waals surface area contributed by atoms with E-state index in [9.17, 15) is 9.59 Å². The SMILES string of the molecule is CCc1c(C)cc(C(=O)N[C@@H]2CCOC[C@@H]2C2CCOCC2)c(=O)n1C. The molecule has 2 saturated heterocycles. The predicted octanol–water partition coefficient (Wildman–Crippen LogP) is 1.82. The lowest BCUT2D eigenvalue weighted by Gasteiger charge is -2.39. The summed E-state index contributed by atoms with van der Waals surface area (Å²) in [5.74, 6) is 0.526. The molecule has 3 rings (SSSR count). The fourth-order valence-corrected chi connectivity index (χ4v) is 4.40. The second-order valence-corrected chi connectivity index (χ2v) is 7.46. The van der Waals surface area contributed by atoms with Crippen LogP contribution in [0.25, 0.3) is 0 Å². The Bertz CT molecular complexity index is 706. The average Bonchev–Trinajstić information content (AvgIpc) is 2.66. The molecule has 1 N–H and O–H groups in total. The van der Waals surface area contributed by atoms with Crippen LogP contribution in [0.15, 0.2) is 10.9 Å². The first kappa shape index (κ1) is 19.1. The fraction of sp³-hybridized carbons (Fsp3) is 0.700. The molecule has 2 aliphatic rings. The van der Waals surface area contributed by atoms with Gasteiger partial charge in [0.2, 0.25) is 0 Å². The second-order valence-electron chi connectivity index (χ2n) is 7.46. The normalized spacial score (nSPS) is 24.4. The molecule has 6 heteroatoms. The lowest BCUT2D eigenvalue weighted by atomic mass is 9.79. The molecule has 0 saturated carbocycles. The van der Waals surface area contributed by atoms with Crippen LogP contribution in [-0.2, 0) is 22.9 Å². The topological polar surface area (TPSA) is 69.6 Å². The third-order valence-electron chi connectivity index (χ3n) is 5.92. The summed E-state index contributed by atoms with van der Waals surface area (Å²) in [4.78, 5) is 25.5. The van der Waals surface area contributed by atoms with Crippen molar-refractivity contribution < 1.29 is 14.3 Å². The monoisotopic (exact) mass is 362 g/mol. The van der Waals surface area contributed by atoms with E-state index in [1.54, 1.807) is 17.7 Å². The van der Waals surface area contributed by atoms with E-state index in [-0.39, 0.29) is 29.0 Å². The molecule has 26 heavy (non-hydrogen) atoms. The van der Waals surface area contributed by atoms with Crippen molar-refractivity contribution >= 4 is 5.91 Å². The molecule has 0 spiro atoms. The maximum Gasteiger partial charge on any atom is 0.263 e. The smallest absolute Gasteiger partial charge is 0.263 e. The summed E-state index contributed by atoms with van der Waals surface area (Å²) >= 11 is 0. The molecule has 0 radical (unpaired) electrons. The van der Waals surface area contributed by atoms with Gasteiger partial charge in [-0.3, -0.25) is 9.59 Å². The maximum atomic E-state index is 12.9. The summed E-state index contributed by atoms with van der Waals surface area (Å²) in [7, 11) is 1.74. The van der Waals surface area contributed by atoms with Gasteiger partial charge in [0.05, 0.1) is 6.61 Å². The molecule has 1 aromatic rings. The molecule has 0 aromatic carbocycles. The maximum absolute atomic E-state index is 12.9. The van der Waals surface area contributed by atoms with E-state index in [4.69, 9.17) is 9.47 Å². The van der Waals surface area contributed by atoms with Crippen molar-refractivity contribution in [1.29, 1.82) is 0 Å². The molecule has 0 aliphatic carbocycles. The van der Waals surface area contributed by atoms with E-state index in [1.165, 1.54) is 0 Å². The van der Waals surface area contributed by atoms with Crippen molar-refractivity contribution in [2.45, 2.75) is 45.6 Å². The number of hydrogen-bond acceptors (Lipinski definition) is 4. The number of carbonyl (C=O) groups excluding carboxylic acids is 1. The number of nitrogens with one attached hydrogen (secondary N) is 1. The number of carbonyl (C=O) groups is 1. The molecule has 3 heterocycles. The Morgan fingerprint density at radius 2 is 1.92 bits per heavy atom. The van der Waals surface area contributed by atoms with Gasteiger partial charge in [0.15, 0.2) is 0 Å². The second kappa shape index (κ2) is 8.35. The van der Waals surface area contributed by atoms with Gasteiger partial charge < -0.3 is 19.4 Å². The zero-order valence-electron chi connectivity index (χ0n) is 16.0. The molecule has 144 valence electrons. The van der Waals surface area contributed by atoms with Crippen LogP contribution in [0.5, 0.6) is 0 Å². The zero-order valence-corrected chi connectivity index (χ0v) is 16.0. The summed E-state index contributed by atoms with van der Waals surface area (Å²) in [5, 5.41) is 3.14. The average molecular weight is 362 g/mol. The van der Waals surface area contributed by atoms with E-state index >= 15 is 0 Å². The molecule has 1 aromatic heterocycles. The van der Waals surface area contributed by atoms with E-state index in [0.717, 1.165) is 50.2 Å². The van der Waals surface area contributed by atoms with E-state index in [0.29, 0.717) is 19.1 Å². The van der Waals surface area contributed by atoms with Crippen LogP contribution in [0.2, 0.25) is 0 Å². The Balaban J connectivity index is 1.78. The highest BCUT2D eigenvalue weighted by Crippen LogP contribution is 2.30. The molecular weight excluding hydrogens is 332 g/mol. The van der Waals surface area contributed by atoms with Gasteiger partial charge in [-0.05, 0) is 50.2 Å². The number of aromatic nitrogens is 1. The third-order valence-corrected chi connectivity index (χ3v) is 5.92. The first-order chi connectivity index (χ1) is 12.5. The number of pyridine rings is 1. The Morgan fingerprint density at radius 3 is 2.62 bits per heavy atom. The van der Waals surface area contributed by atoms with Crippen molar-refractivity contribution in [3.63, 3.8) is 0 Å². The lowest BCUT2D eigenvalue weighted by molar-refractivity contribution is -0.0259. The predicted molar refractivity (Wildman–Crippen MR) is 99.5 cm³/mol. The number of amides is 1. The minimum Gasteiger partial charge on any atom is -0.381 e. The van der Waals surface area contributed by atoms with Crippen molar-refractivity contribution in [2.75, 3.05) is 26.4 Å². The van der Waals surface area contributed by atoms with Crippen molar-refractivity contribution in [3.05, 3.63) is 33.2 Å². The van der Waals surface area contributed by atoms with Crippen LogP contribution in [0.3, 0.4) is 0 Å². The number of nitrogens with zero attached hydrogens (tertiary/aromatic N) is 1. The Morgan fingerprint density at radius 1 is 1.23 bits per heavy atom. The van der Waals surface area contributed by atoms with Crippen LogP contribution in [-0.4, -0.2) is 42.9 Å². The molecule has 6 nitrogen and oxygen atoms in total. The van der Waals surface area contributed by atoms with Gasteiger partial charge in [-0.1, -0.05) is 6.92 Å².